The predicted molar refractivity (Wildman–Crippen MR) is 127 cm³/mol. The third-order valence-electron chi connectivity index (χ3n) is 4.09. The fourth-order valence-corrected chi connectivity index (χ4v) is 4.09. The third kappa shape index (κ3) is 5.59. The Balaban J connectivity index is 1.76. The summed E-state index contributed by atoms with van der Waals surface area (Å²) in [6, 6.07) is 7.54. The van der Waals surface area contributed by atoms with Gasteiger partial charge in [-0.25, -0.2) is 14.6 Å². The zero-order valence-electron chi connectivity index (χ0n) is 16.8. The molecular formula is C20H25IN6OS. The first-order valence-electron chi connectivity index (χ1n) is 9.66. The lowest BCUT2D eigenvalue weighted by Gasteiger charge is -2.10. The molecule has 0 unspecified atom stereocenters. The van der Waals surface area contributed by atoms with E-state index < -0.39 is 0 Å². The van der Waals surface area contributed by atoms with Crippen molar-refractivity contribution in [3.8, 4) is 0 Å². The van der Waals surface area contributed by atoms with Gasteiger partial charge in [-0.1, -0.05) is 44.7 Å². The van der Waals surface area contributed by atoms with Gasteiger partial charge in [0, 0.05) is 21.9 Å². The first-order valence-corrected chi connectivity index (χ1v) is 11.6. The Morgan fingerprint density at radius 2 is 2.03 bits per heavy atom. The van der Waals surface area contributed by atoms with Crippen LogP contribution in [0.4, 0.5) is 5.82 Å². The fraction of sp³-hybridized carbons (Fsp3) is 0.400. The average Bonchev–Trinajstić information content (AvgIpc) is 3.09. The van der Waals surface area contributed by atoms with E-state index in [1.807, 2.05) is 28.9 Å². The van der Waals surface area contributed by atoms with Crippen LogP contribution < -0.4 is 10.6 Å². The minimum Gasteiger partial charge on any atom is -0.369 e. The molecule has 0 aliphatic carbocycles. The summed E-state index contributed by atoms with van der Waals surface area (Å²) in [6.45, 7) is 8.21. The molecule has 7 nitrogen and oxygen atoms in total. The summed E-state index contributed by atoms with van der Waals surface area (Å²) in [4.78, 5) is 21.8. The number of halogens is 1. The van der Waals surface area contributed by atoms with Crippen molar-refractivity contribution in [1.29, 1.82) is 0 Å². The Bertz CT molecular complexity index is 990. The van der Waals surface area contributed by atoms with Gasteiger partial charge in [-0.3, -0.25) is 4.79 Å². The van der Waals surface area contributed by atoms with Crippen molar-refractivity contribution >= 4 is 57.1 Å². The molecule has 2 N–H and O–H groups in total. The Morgan fingerprint density at radius 3 is 2.76 bits per heavy atom. The first-order chi connectivity index (χ1) is 14.0. The molecule has 0 fully saturated rings. The molecule has 0 aliphatic heterocycles. The van der Waals surface area contributed by atoms with Crippen molar-refractivity contribution in [1.82, 2.24) is 25.1 Å². The van der Waals surface area contributed by atoms with E-state index in [9.17, 15) is 4.79 Å². The van der Waals surface area contributed by atoms with Crippen molar-refractivity contribution in [2.75, 3.05) is 18.4 Å². The number of aromatic nitrogens is 4. The molecule has 154 valence electrons. The highest BCUT2D eigenvalue weighted by atomic mass is 127. The van der Waals surface area contributed by atoms with E-state index in [4.69, 9.17) is 4.98 Å². The lowest BCUT2D eigenvalue weighted by molar-refractivity contribution is 0.0951. The van der Waals surface area contributed by atoms with E-state index in [-0.39, 0.29) is 5.91 Å². The number of amides is 1. The molecule has 1 aromatic carbocycles. The van der Waals surface area contributed by atoms with Crippen LogP contribution in [-0.4, -0.2) is 44.0 Å². The molecule has 3 aromatic rings. The number of thioether (sulfide) groups is 1. The summed E-state index contributed by atoms with van der Waals surface area (Å²) in [6.07, 6.45) is 2.80. The molecule has 29 heavy (non-hydrogen) atoms. The lowest BCUT2D eigenvalue weighted by Crippen LogP contribution is -2.28. The standard InChI is InChI=1S/C20H25IN6OS/c1-4-9-22-17-15-12-24-27(18(15)26-20(25-17)29-13(2)3)11-10-23-19(28)14-7-5-6-8-16(14)21/h5-8,12-13H,4,9-11H2,1-3H3,(H,23,28)(H,22,25,26). The van der Waals surface area contributed by atoms with E-state index in [2.05, 4.69) is 64.1 Å². The highest BCUT2D eigenvalue weighted by molar-refractivity contribution is 14.1. The van der Waals surface area contributed by atoms with Gasteiger partial charge in [0.2, 0.25) is 0 Å². The van der Waals surface area contributed by atoms with E-state index >= 15 is 0 Å². The van der Waals surface area contributed by atoms with Gasteiger partial charge in [0.15, 0.2) is 10.8 Å². The minimum atomic E-state index is -0.0811. The molecule has 2 heterocycles. The summed E-state index contributed by atoms with van der Waals surface area (Å²) < 4.78 is 2.76. The number of nitrogens with zero attached hydrogens (tertiary/aromatic N) is 4. The zero-order valence-corrected chi connectivity index (χ0v) is 19.7. The summed E-state index contributed by atoms with van der Waals surface area (Å²) in [5.74, 6) is 0.733. The molecule has 0 aliphatic rings. The number of anilines is 1. The van der Waals surface area contributed by atoms with Crippen molar-refractivity contribution in [2.24, 2.45) is 0 Å². The van der Waals surface area contributed by atoms with Crippen LogP contribution in [0.3, 0.4) is 0 Å². The summed E-state index contributed by atoms with van der Waals surface area (Å²) in [7, 11) is 0. The van der Waals surface area contributed by atoms with Gasteiger partial charge in [0.05, 0.1) is 23.7 Å². The highest BCUT2D eigenvalue weighted by Gasteiger charge is 2.15. The van der Waals surface area contributed by atoms with Crippen molar-refractivity contribution < 1.29 is 4.79 Å². The maximum atomic E-state index is 12.4. The number of rotatable bonds is 9. The quantitative estimate of drug-likeness (QED) is 0.248. The van der Waals surface area contributed by atoms with Gasteiger partial charge < -0.3 is 10.6 Å². The molecule has 0 saturated carbocycles. The Hall–Kier alpha value is -1.88. The van der Waals surface area contributed by atoms with Crippen LogP contribution in [0.15, 0.2) is 35.6 Å². The van der Waals surface area contributed by atoms with Crippen LogP contribution >= 0.6 is 34.4 Å². The SMILES string of the molecule is CCCNc1nc(SC(C)C)nc2c1cnn2CCNC(=O)c1ccccc1I. The fourth-order valence-electron chi connectivity index (χ4n) is 2.76. The Kier molecular flexibility index (Phi) is 7.70. The third-order valence-corrected chi connectivity index (χ3v) is 5.89. The second-order valence-corrected chi connectivity index (χ2v) is 9.49. The van der Waals surface area contributed by atoms with Gasteiger partial charge in [-0.15, -0.1) is 0 Å². The van der Waals surface area contributed by atoms with E-state index in [0.29, 0.717) is 23.9 Å². The van der Waals surface area contributed by atoms with Crippen LogP contribution in [0, 0.1) is 3.57 Å². The lowest BCUT2D eigenvalue weighted by atomic mass is 10.2. The van der Waals surface area contributed by atoms with Gasteiger partial charge >= 0.3 is 0 Å². The molecule has 0 bridgehead atoms. The summed E-state index contributed by atoms with van der Waals surface area (Å²) >= 11 is 3.80. The number of carbonyl (C=O) groups excluding carboxylic acids is 1. The largest absolute Gasteiger partial charge is 0.369 e. The molecule has 0 saturated heterocycles. The van der Waals surface area contributed by atoms with E-state index in [1.54, 1.807) is 18.0 Å². The molecule has 0 spiro atoms. The second kappa shape index (κ2) is 10.2. The summed E-state index contributed by atoms with van der Waals surface area (Å²) in [5, 5.41) is 12.8. The van der Waals surface area contributed by atoms with Crippen LogP contribution in [0.5, 0.6) is 0 Å². The van der Waals surface area contributed by atoms with Gasteiger partial charge in [-0.05, 0) is 41.1 Å². The number of carbonyl (C=O) groups is 1. The predicted octanol–water partition coefficient (Wildman–Crippen LogP) is 4.18. The van der Waals surface area contributed by atoms with Crippen molar-refractivity contribution in [2.45, 2.75) is 44.1 Å². The molecule has 1 amide bonds. The van der Waals surface area contributed by atoms with Gasteiger partial charge in [0.1, 0.15) is 5.82 Å². The minimum absolute atomic E-state index is 0.0811. The van der Waals surface area contributed by atoms with Crippen LogP contribution in [0.2, 0.25) is 0 Å². The number of benzene rings is 1. The van der Waals surface area contributed by atoms with E-state index in [1.165, 1.54) is 0 Å². The maximum Gasteiger partial charge on any atom is 0.252 e. The number of hydrogen-bond donors (Lipinski definition) is 2. The molecule has 0 atom stereocenters. The maximum absolute atomic E-state index is 12.4. The monoisotopic (exact) mass is 524 g/mol. The van der Waals surface area contributed by atoms with Crippen LogP contribution in [0.25, 0.3) is 11.0 Å². The molecular weight excluding hydrogens is 499 g/mol. The number of hydrogen-bond acceptors (Lipinski definition) is 6. The normalized spacial score (nSPS) is 11.2. The van der Waals surface area contributed by atoms with Crippen LogP contribution in [-0.2, 0) is 6.54 Å². The molecule has 2 aromatic heterocycles. The first kappa shape index (κ1) is 21.8. The number of fused-ring (bicyclic) bond motifs is 1. The molecule has 0 radical (unpaired) electrons. The average molecular weight is 524 g/mol. The topological polar surface area (TPSA) is 84.7 Å². The molecule has 9 heteroatoms. The zero-order chi connectivity index (χ0) is 20.8. The second-order valence-electron chi connectivity index (χ2n) is 6.79. The van der Waals surface area contributed by atoms with Crippen LogP contribution in [0.1, 0.15) is 37.6 Å². The van der Waals surface area contributed by atoms with Gasteiger partial charge in [0.25, 0.3) is 5.91 Å². The molecule has 3 rings (SSSR count). The smallest absolute Gasteiger partial charge is 0.252 e. The number of nitrogens with one attached hydrogen (secondary N) is 2. The Morgan fingerprint density at radius 1 is 1.24 bits per heavy atom. The van der Waals surface area contributed by atoms with Gasteiger partial charge in [-0.2, -0.15) is 5.10 Å². The van der Waals surface area contributed by atoms with Crippen molar-refractivity contribution in [3.05, 3.63) is 39.6 Å². The van der Waals surface area contributed by atoms with Crippen molar-refractivity contribution in [3.63, 3.8) is 0 Å². The summed E-state index contributed by atoms with van der Waals surface area (Å²) in [5.41, 5.74) is 1.47. The Labute approximate surface area is 188 Å². The van der Waals surface area contributed by atoms with E-state index in [0.717, 1.165) is 38.5 Å². The highest BCUT2D eigenvalue weighted by Crippen LogP contribution is 2.26.